The number of amides is 1. The Labute approximate surface area is 107 Å². The maximum Gasteiger partial charge on any atom is 0.255 e. The van der Waals surface area contributed by atoms with Crippen molar-refractivity contribution in [1.82, 2.24) is 9.88 Å². The number of hydrogen-bond acceptors (Lipinski definition) is 4. The van der Waals surface area contributed by atoms with Crippen LogP contribution in [0.2, 0.25) is 0 Å². The Morgan fingerprint density at radius 2 is 2.33 bits per heavy atom. The van der Waals surface area contributed by atoms with Crippen LogP contribution in [0, 0.1) is 5.92 Å². The molecule has 2 atom stereocenters. The first-order valence-corrected chi connectivity index (χ1v) is 6.15. The van der Waals surface area contributed by atoms with Crippen LogP contribution in [0.3, 0.4) is 0 Å². The van der Waals surface area contributed by atoms with E-state index in [1.807, 2.05) is 4.90 Å². The van der Waals surface area contributed by atoms with E-state index in [1.165, 1.54) is 6.20 Å². The number of rotatable bonds is 2. The summed E-state index contributed by atoms with van der Waals surface area (Å²) >= 11 is 0. The third kappa shape index (κ3) is 2.61. The molecule has 0 aromatic carbocycles. The van der Waals surface area contributed by atoms with Crippen LogP contribution >= 0.6 is 0 Å². The molecule has 5 nitrogen and oxygen atoms in total. The number of pyridine rings is 1. The number of aromatic nitrogens is 1. The highest BCUT2D eigenvalue weighted by atomic mass is 16.5. The number of anilines is 1. The Kier molecular flexibility index (Phi) is 3.81. The van der Waals surface area contributed by atoms with Gasteiger partial charge in [-0.2, -0.15) is 0 Å². The van der Waals surface area contributed by atoms with E-state index >= 15 is 0 Å². The van der Waals surface area contributed by atoms with Crippen molar-refractivity contribution >= 4 is 11.7 Å². The summed E-state index contributed by atoms with van der Waals surface area (Å²) in [5.74, 6) is 0.911. The van der Waals surface area contributed by atoms with Gasteiger partial charge in [0.15, 0.2) is 0 Å². The first-order valence-electron chi connectivity index (χ1n) is 6.15. The van der Waals surface area contributed by atoms with E-state index in [0.717, 1.165) is 13.0 Å². The van der Waals surface area contributed by atoms with E-state index < -0.39 is 0 Å². The number of ether oxygens (including phenoxy) is 1. The molecule has 0 aliphatic carbocycles. The maximum atomic E-state index is 12.3. The molecule has 0 radical (unpaired) electrons. The van der Waals surface area contributed by atoms with E-state index in [2.05, 4.69) is 11.9 Å². The highest BCUT2D eigenvalue weighted by molar-refractivity contribution is 5.94. The first-order chi connectivity index (χ1) is 8.61. The third-order valence-electron chi connectivity index (χ3n) is 3.51. The number of methoxy groups -OCH3 is 1. The van der Waals surface area contributed by atoms with Crippen molar-refractivity contribution in [3.63, 3.8) is 0 Å². The molecule has 0 saturated carbocycles. The third-order valence-corrected chi connectivity index (χ3v) is 3.51. The van der Waals surface area contributed by atoms with Gasteiger partial charge in [0.1, 0.15) is 5.82 Å². The van der Waals surface area contributed by atoms with Gasteiger partial charge in [0.2, 0.25) is 0 Å². The lowest BCUT2D eigenvalue weighted by molar-refractivity contribution is -0.00157. The first kappa shape index (κ1) is 12.8. The molecule has 18 heavy (non-hydrogen) atoms. The monoisotopic (exact) mass is 249 g/mol. The molecule has 1 aliphatic heterocycles. The van der Waals surface area contributed by atoms with Crippen LogP contribution in [-0.2, 0) is 4.74 Å². The maximum absolute atomic E-state index is 12.3. The van der Waals surface area contributed by atoms with Gasteiger partial charge in [0.25, 0.3) is 5.91 Å². The normalized spacial score (nSPS) is 24.0. The van der Waals surface area contributed by atoms with Gasteiger partial charge in [0, 0.05) is 26.4 Å². The Morgan fingerprint density at radius 1 is 1.56 bits per heavy atom. The Hall–Kier alpha value is -1.62. The fraction of sp³-hybridized carbons (Fsp3) is 0.538. The highest BCUT2D eigenvalue weighted by Crippen LogP contribution is 2.21. The SMILES string of the molecule is COC1CN(C(=O)c2ccc(N)nc2)CCC1C. The summed E-state index contributed by atoms with van der Waals surface area (Å²) < 4.78 is 5.41. The molecule has 2 unspecified atom stereocenters. The standard InChI is InChI=1S/C13H19N3O2/c1-9-5-6-16(8-11(9)18-2)13(17)10-3-4-12(14)15-7-10/h3-4,7,9,11H,5-6,8H2,1-2H3,(H2,14,15). The van der Waals surface area contributed by atoms with Gasteiger partial charge in [-0.25, -0.2) is 4.98 Å². The quantitative estimate of drug-likeness (QED) is 0.854. The Balaban J connectivity index is 2.07. The molecule has 1 amide bonds. The van der Waals surface area contributed by atoms with Gasteiger partial charge in [0.05, 0.1) is 11.7 Å². The van der Waals surface area contributed by atoms with Crippen LogP contribution < -0.4 is 5.73 Å². The minimum atomic E-state index is -0.00329. The molecule has 1 aliphatic rings. The molecule has 98 valence electrons. The number of carbonyl (C=O) groups excluding carboxylic acids is 1. The van der Waals surface area contributed by atoms with E-state index in [4.69, 9.17) is 10.5 Å². The number of nitrogens with two attached hydrogens (primary N) is 1. The number of likely N-dealkylation sites (tertiary alicyclic amines) is 1. The van der Waals surface area contributed by atoms with Gasteiger partial charge in [-0.05, 0) is 24.5 Å². The fourth-order valence-corrected chi connectivity index (χ4v) is 2.24. The second-order valence-corrected chi connectivity index (χ2v) is 4.76. The summed E-state index contributed by atoms with van der Waals surface area (Å²) in [6.07, 6.45) is 2.61. The molecule has 2 heterocycles. The summed E-state index contributed by atoms with van der Waals surface area (Å²) in [6, 6.07) is 3.36. The molecule has 1 saturated heterocycles. The van der Waals surface area contributed by atoms with Crippen molar-refractivity contribution in [3.05, 3.63) is 23.9 Å². The highest BCUT2D eigenvalue weighted by Gasteiger charge is 2.29. The molecule has 1 aromatic heterocycles. The average Bonchev–Trinajstić information content (AvgIpc) is 2.39. The zero-order chi connectivity index (χ0) is 13.1. The molecule has 5 heteroatoms. The van der Waals surface area contributed by atoms with Crippen LogP contribution in [0.4, 0.5) is 5.82 Å². The second-order valence-electron chi connectivity index (χ2n) is 4.76. The van der Waals surface area contributed by atoms with Gasteiger partial charge < -0.3 is 15.4 Å². The zero-order valence-electron chi connectivity index (χ0n) is 10.8. The van der Waals surface area contributed by atoms with Crippen molar-refractivity contribution in [2.45, 2.75) is 19.4 Å². The lowest BCUT2D eigenvalue weighted by Crippen LogP contribution is -2.46. The lowest BCUT2D eigenvalue weighted by atomic mass is 9.95. The molecule has 0 spiro atoms. The van der Waals surface area contributed by atoms with Crippen LogP contribution in [0.15, 0.2) is 18.3 Å². The van der Waals surface area contributed by atoms with Crippen molar-refractivity contribution < 1.29 is 9.53 Å². The summed E-state index contributed by atoms with van der Waals surface area (Å²) in [5.41, 5.74) is 6.09. The van der Waals surface area contributed by atoms with Crippen molar-refractivity contribution in [3.8, 4) is 0 Å². The Morgan fingerprint density at radius 3 is 2.94 bits per heavy atom. The summed E-state index contributed by atoms with van der Waals surface area (Å²) in [5, 5.41) is 0. The van der Waals surface area contributed by atoms with E-state index in [1.54, 1.807) is 19.2 Å². The van der Waals surface area contributed by atoms with Crippen molar-refractivity contribution in [2.24, 2.45) is 5.92 Å². The van der Waals surface area contributed by atoms with Crippen LogP contribution in [-0.4, -0.2) is 42.1 Å². The minimum Gasteiger partial charge on any atom is -0.384 e. The number of nitrogen functional groups attached to an aromatic ring is 1. The van der Waals surface area contributed by atoms with Crippen molar-refractivity contribution in [1.29, 1.82) is 0 Å². The number of hydrogen-bond donors (Lipinski definition) is 1. The van der Waals surface area contributed by atoms with Crippen LogP contribution in [0.25, 0.3) is 0 Å². The van der Waals surface area contributed by atoms with E-state index in [-0.39, 0.29) is 12.0 Å². The average molecular weight is 249 g/mol. The predicted molar refractivity (Wildman–Crippen MR) is 69.1 cm³/mol. The van der Waals surface area contributed by atoms with Gasteiger partial charge in [-0.3, -0.25) is 4.79 Å². The van der Waals surface area contributed by atoms with Crippen LogP contribution in [0.1, 0.15) is 23.7 Å². The van der Waals surface area contributed by atoms with Crippen molar-refractivity contribution in [2.75, 3.05) is 25.9 Å². The molecular weight excluding hydrogens is 230 g/mol. The van der Waals surface area contributed by atoms with Gasteiger partial charge >= 0.3 is 0 Å². The molecule has 1 aromatic rings. The summed E-state index contributed by atoms with van der Waals surface area (Å²) in [7, 11) is 1.69. The fourth-order valence-electron chi connectivity index (χ4n) is 2.24. The van der Waals surface area contributed by atoms with E-state index in [9.17, 15) is 4.79 Å². The summed E-state index contributed by atoms with van der Waals surface area (Å²) in [4.78, 5) is 18.0. The number of piperidine rings is 1. The van der Waals surface area contributed by atoms with Gasteiger partial charge in [-0.15, -0.1) is 0 Å². The molecular formula is C13H19N3O2. The second kappa shape index (κ2) is 5.35. The number of carbonyl (C=O) groups is 1. The summed E-state index contributed by atoms with van der Waals surface area (Å²) in [6.45, 7) is 3.56. The number of nitrogens with zero attached hydrogens (tertiary/aromatic N) is 2. The topological polar surface area (TPSA) is 68.5 Å². The van der Waals surface area contributed by atoms with Crippen LogP contribution in [0.5, 0.6) is 0 Å². The predicted octanol–water partition coefficient (Wildman–Crippen LogP) is 1.16. The minimum absolute atomic E-state index is 0.00329. The molecule has 2 rings (SSSR count). The Bertz CT molecular complexity index is 419. The van der Waals surface area contributed by atoms with Gasteiger partial charge in [-0.1, -0.05) is 6.92 Å². The van der Waals surface area contributed by atoms with E-state index in [0.29, 0.717) is 23.8 Å². The lowest BCUT2D eigenvalue weighted by Gasteiger charge is -2.36. The molecule has 0 bridgehead atoms. The largest absolute Gasteiger partial charge is 0.384 e. The smallest absolute Gasteiger partial charge is 0.255 e. The molecule has 2 N–H and O–H groups in total. The molecule has 1 fully saturated rings. The zero-order valence-corrected chi connectivity index (χ0v) is 10.8.